The molecule has 1 saturated heterocycles. The van der Waals surface area contributed by atoms with Crippen LogP contribution in [0.25, 0.3) is 0 Å². The van der Waals surface area contributed by atoms with Crippen LogP contribution in [0.15, 0.2) is 18.2 Å². The molecule has 19 heavy (non-hydrogen) atoms. The summed E-state index contributed by atoms with van der Waals surface area (Å²) in [6.45, 7) is 0.635. The summed E-state index contributed by atoms with van der Waals surface area (Å²) >= 11 is 12.0. The Bertz CT molecular complexity index is 486. The molecule has 0 saturated carbocycles. The number of hydrogen-bond acceptors (Lipinski definition) is 3. The summed E-state index contributed by atoms with van der Waals surface area (Å²) in [6, 6.07) is 4.80. The molecular formula is C13H13Cl2NO3. The van der Waals surface area contributed by atoms with Crippen molar-refractivity contribution in [3.05, 3.63) is 33.8 Å². The van der Waals surface area contributed by atoms with E-state index in [2.05, 4.69) is 0 Å². The Hall–Kier alpha value is -1.10. The van der Waals surface area contributed by atoms with E-state index >= 15 is 0 Å². The van der Waals surface area contributed by atoms with Gasteiger partial charge in [0.05, 0.1) is 27.6 Å². The number of carbonyl (C=O) groups excluding carboxylic acids is 2. The van der Waals surface area contributed by atoms with Gasteiger partial charge in [-0.15, -0.1) is 0 Å². The third-order valence-electron chi connectivity index (χ3n) is 3.30. The molecule has 1 aliphatic heterocycles. The van der Waals surface area contributed by atoms with Crippen molar-refractivity contribution in [3.8, 4) is 0 Å². The number of ketones is 1. The monoisotopic (exact) mass is 301 g/mol. The van der Waals surface area contributed by atoms with Crippen molar-refractivity contribution in [1.82, 2.24) is 4.90 Å². The van der Waals surface area contributed by atoms with E-state index in [1.165, 1.54) is 4.90 Å². The lowest BCUT2D eigenvalue weighted by atomic mass is 9.87. The van der Waals surface area contributed by atoms with Crippen LogP contribution in [0.1, 0.15) is 16.8 Å². The van der Waals surface area contributed by atoms with E-state index in [1.54, 1.807) is 18.2 Å². The molecule has 1 fully saturated rings. The number of hydrogen-bond donors (Lipinski definition) is 1. The molecular weight excluding hydrogens is 289 g/mol. The van der Waals surface area contributed by atoms with Crippen LogP contribution in [-0.4, -0.2) is 41.4 Å². The number of halogens is 2. The quantitative estimate of drug-likeness (QED) is 0.686. The molecule has 1 amide bonds. The van der Waals surface area contributed by atoms with Crippen molar-refractivity contribution in [1.29, 1.82) is 0 Å². The third-order valence-corrected chi connectivity index (χ3v) is 3.93. The first-order chi connectivity index (χ1) is 9.04. The molecule has 2 unspecified atom stereocenters. The molecule has 1 heterocycles. The van der Waals surface area contributed by atoms with Crippen molar-refractivity contribution < 1.29 is 14.7 Å². The van der Waals surface area contributed by atoms with Gasteiger partial charge in [-0.25, -0.2) is 0 Å². The minimum atomic E-state index is -0.781. The Morgan fingerprint density at radius 2 is 2.00 bits per heavy atom. The molecule has 0 bridgehead atoms. The zero-order valence-electron chi connectivity index (χ0n) is 10.1. The number of likely N-dealkylation sites (tertiary alicyclic amines) is 1. The Morgan fingerprint density at radius 3 is 2.58 bits per heavy atom. The second-order valence-corrected chi connectivity index (χ2v) is 5.34. The predicted octanol–water partition coefficient (Wildman–Crippen LogP) is 2.02. The van der Waals surface area contributed by atoms with Gasteiger partial charge in [-0.05, 0) is 18.6 Å². The first-order valence-electron chi connectivity index (χ1n) is 5.90. The lowest BCUT2D eigenvalue weighted by Crippen LogP contribution is -2.46. The van der Waals surface area contributed by atoms with E-state index in [0.717, 1.165) is 0 Å². The first kappa shape index (κ1) is 14.3. The fraction of sp³-hybridized carbons (Fsp3) is 0.385. The number of rotatable bonds is 3. The third kappa shape index (κ3) is 2.91. The molecule has 2 atom stereocenters. The normalized spacial score (nSPS) is 23.2. The van der Waals surface area contributed by atoms with Crippen LogP contribution >= 0.6 is 23.2 Å². The molecule has 1 N–H and O–H groups in total. The summed E-state index contributed by atoms with van der Waals surface area (Å²) in [4.78, 5) is 24.7. The van der Waals surface area contributed by atoms with Gasteiger partial charge in [-0.1, -0.05) is 29.3 Å². The number of nitrogens with zero attached hydrogens (tertiary/aromatic N) is 1. The lowest BCUT2D eigenvalue weighted by molar-refractivity contribution is -0.120. The summed E-state index contributed by atoms with van der Waals surface area (Å²) in [6.07, 6.45) is 0.272. The maximum atomic E-state index is 12.4. The highest BCUT2D eigenvalue weighted by Gasteiger charge is 2.34. The highest BCUT2D eigenvalue weighted by atomic mass is 35.5. The maximum absolute atomic E-state index is 12.4. The smallest absolute Gasteiger partial charge is 0.209 e. The van der Waals surface area contributed by atoms with Gasteiger partial charge in [-0.2, -0.15) is 0 Å². The van der Waals surface area contributed by atoms with Crippen LogP contribution in [0.5, 0.6) is 0 Å². The molecule has 1 aromatic rings. The lowest BCUT2D eigenvalue weighted by Gasteiger charge is -2.33. The van der Waals surface area contributed by atoms with Crippen molar-refractivity contribution >= 4 is 35.4 Å². The molecule has 0 aliphatic carbocycles. The van der Waals surface area contributed by atoms with E-state index in [1.807, 2.05) is 0 Å². The molecule has 0 spiro atoms. The summed E-state index contributed by atoms with van der Waals surface area (Å²) in [5.74, 6) is -1.01. The number of benzene rings is 1. The number of carbonyl (C=O) groups is 2. The number of amides is 1. The van der Waals surface area contributed by atoms with Crippen LogP contribution in [-0.2, 0) is 4.79 Å². The Morgan fingerprint density at radius 1 is 1.37 bits per heavy atom. The van der Waals surface area contributed by atoms with Gasteiger partial charge in [0.25, 0.3) is 0 Å². The topological polar surface area (TPSA) is 57.6 Å². The SMILES string of the molecule is O=CN1CCC(O)C(C(=O)c2c(Cl)cccc2Cl)C1. The summed E-state index contributed by atoms with van der Waals surface area (Å²) < 4.78 is 0. The first-order valence-corrected chi connectivity index (χ1v) is 6.66. The molecule has 2 rings (SSSR count). The average molecular weight is 302 g/mol. The number of aliphatic hydroxyl groups excluding tert-OH is 1. The van der Waals surface area contributed by atoms with Gasteiger partial charge in [-0.3, -0.25) is 9.59 Å². The number of Topliss-reactive ketones (excluding diaryl/α,β-unsaturated/α-hetero) is 1. The largest absolute Gasteiger partial charge is 0.392 e. The average Bonchev–Trinajstić information content (AvgIpc) is 2.39. The summed E-state index contributed by atoms with van der Waals surface area (Å²) in [5.41, 5.74) is 0.211. The molecule has 4 nitrogen and oxygen atoms in total. The highest BCUT2D eigenvalue weighted by Crippen LogP contribution is 2.29. The van der Waals surface area contributed by atoms with E-state index in [9.17, 15) is 14.7 Å². The van der Waals surface area contributed by atoms with Crippen LogP contribution in [0, 0.1) is 5.92 Å². The van der Waals surface area contributed by atoms with Gasteiger partial charge in [0.2, 0.25) is 6.41 Å². The van der Waals surface area contributed by atoms with E-state index in [-0.39, 0.29) is 27.9 Å². The fourth-order valence-corrected chi connectivity index (χ4v) is 2.82. The van der Waals surface area contributed by atoms with Gasteiger partial charge in [0, 0.05) is 13.1 Å². The van der Waals surface area contributed by atoms with Gasteiger partial charge in [0.1, 0.15) is 0 Å². The van der Waals surface area contributed by atoms with Gasteiger partial charge in [0.15, 0.2) is 5.78 Å². The fourth-order valence-electron chi connectivity index (χ4n) is 2.24. The summed E-state index contributed by atoms with van der Waals surface area (Å²) in [5, 5.41) is 10.5. The second-order valence-electron chi connectivity index (χ2n) is 4.52. The van der Waals surface area contributed by atoms with Crippen LogP contribution in [0.4, 0.5) is 0 Å². The zero-order chi connectivity index (χ0) is 14.0. The minimum Gasteiger partial charge on any atom is -0.392 e. The molecule has 1 aliphatic rings. The maximum Gasteiger partial charge on any atom is 0.209 e. The molecule has 0 aromatic heterocycles. The zero-order valence-corrected chi connectivity index (χ0v) is 11.6. The predicted molar refractivity (Wildman–Crippen MR) is 72.5 cm³/mol. The van der Waals surface area contributed by atoms with E-state index in [4.69, 9.17) is 23.2 Å². The molecule has 102 valence electrons. The Balaban J connectivity index is 2.29. The number of piperidine rings is 1. The van der Waals surface area contributed by atoms with Gasteiger partial charge < -0.3 is 10.0 Å². The van der Waals surface area contributed by atoms with Crippen LogP contribution in [0.2, 0.25) is 10.0 Å². The molecule has 6 heteroatoms. The van der Waals surface area contributed by atoms with Crippen molar-refractivity contribution in [3.63, 3.8) is 0 Å². The second kappa shape index (κ2) is 5.90. The van der Waals surface area contributed by atoms with Crippen molar-refractivity contribution in [2.24, 2.45) is 5.92 Å². The Kier molecular flexibility index (Phi) is 4.45. The van der Waals surface area contributed by atoms with Crippen molar-refractivity contribution in [2.75, 3.05) is 13.1 Å². The highest BCUT2D eigenvalue weighted by molar-refractivity contribution is 6.40. The van der Waals surface area contributed by atoms with Crippen LogP contribution < -0.4 is 0 Å². The van der Waals surface area contributed by atoms with Crippen molar-refractivity contribution in [2.45, 2.75) is 12.5 Å². The summed E-state index contributed by atoms with van der Waals surface area (Å²) in [7, 11) is 0. The van der Waals surface area contributed by atoms with E-state index in [0.29, 0.717) is 19.4 Å². The van der Waals surface area contributed by atoms with Crippen LogP contribution in [0.3, 0.4) is 0 Å². The minimum absolute atomic E-state index is 0.186. The molecule has 1 aromatic carbocycles. The van der Waals surface area contributed by atoms with E-state index < -0.39 is 12.0 Å². The molecule has 0 radical (unpaired) electrons. The van der Waals surface area contributed by atoms with Gasteiger partial charge >= 0.3 is 0 Å². The Labute approximate surface area is 120 Å². The number of aliphatic hydroxyl groups is 1. The standard InChI is InChI=1S/C13H13Cl2NO3/c14-9-2-1-3-10(15)12(9)13(19)8-6-16(7-17)5-4-11(8)18/h1-3,7-8,11,18H,4-6H2.